The van der Waals surface area contributed by atoms with Gasteiger partial charge in [0.15, 0.2) is 0 Å². The van der Waals surface area contributed by atoms with Crippen LogP contribution in [0.25, 0.3) is 0 Å². The standard InChI is InChI=1S/C27H28N2O4S/c1-2-32-22-15-13-21(14-16-22)28-26(30)19-9-11-20(12-10-19)29-27(31)24-7-3-4-8-25(24)34-18-23-6-5-17-33-23/h3-4,7-16,23H,2,5-6,17-18H2,1H3,(H,28,30)(H,29,31)/t23-/m1/s1. The van der Waals surface area contributed by atoms with Crippen molar-refractivity contribution >= 4 is 35.0 Å². The molecule has 34 heavy (non-hydrogen) atoms. The summed E-state index contributed by atoms with van der Waals surface area (Å²) in [6, 6.07) is 21.6. The lowest BCUT2D eigenvalue weighted by molar-refractivity contribution is 0.101. The van der Waals surface area contributed by atoms with Crippen molar-refractivity contribution < 1.29 is 19.1 Å². The second kappa shape index (κ2) is 11.7. The van der Waals surface area contributed by atoms with Gasteiger partial charge in [-0.15, -0.1) is 11.8 Å². The van der Waals surface area contributed by atoms with Gasteiger partial charge in [-0.1, -0.05) is 12.1 Å². The van der Waals surface area contributed by atoms with Crippen LogP contribution in [0.4, 0.5) is 11.4 Å². The molecule has 0 saturated carbocycles. The van der Waals surface area contributed by atoms with Crippen molar-refractivity contribution in [1.82, 2.24) is 0 Å². The van der Waals surface area contributed by atoms with E-state index in [0.29, 0.717) is 29.1 Å². The molecule has 2 amide bonds. The van der Waals surface area contributed by atoms with Gasteiger partial charge in [-0.25, -0.2) is 0 Å². The molecule has 0 bridgehead atoms. The molecular formula is C27H28N2O4S. The van der Waals surface area contributed by atoms with Crippen molar-refractivity contribution in [2.45, 2.75) is 30.8 Å². The summed E-state index contributed by atoms with van der Waals surface area (Å²) >= 11 is 1.65. The van der Waals surface area contributed by atoms with Gasteiger partial charge in [0.2, 0.25) is 0 Å². The number of rotatable bonds is 9. The highest BCUT2D eigenvalue weighted by molar-refractivity contribution is 7.99. The zero-order chi connectivity index (χ0) is 23.8. The first kappa shape index (κ1) is 23.9. The highest BCUT2D eigenvalue weighted by Gasteiger charge is 2.18. The molecule has 0 aromatic heterocycles. The van der Waals surface area contributed by atoms with Gasteiger partial charge in [-0.3, -0.25) is 9.59 Å². The zero-order valence-corrected chi connectivity index (χ0v) is 19.9. The van der Waals surface area contributed by atoms with Gasteiger partial charge in [0, 0.05) is 34.2 Å². The average Bonchev–Trinajstić information content (AvgIpc) is 3.38. The van der Waals surface area contributed by atoms with Crippen LogP contribution in [0.15, 0.2) is 77.7 Å². The number of hydrogen-bond donors (Lipinski definition) is 2. The SMILES string of the molecule is CCOc1ccc(NC(=O)c2ccc(NC(=O)c3ccccc3SC[C@H]3CCCO3)cc2)cc1. The van der Waals surface area contributed by atoms with E-state index in [0.717, 1.165) is 35.8 Å². The molecule has 1 saturated heterocycles. The quantitative estimate of drug-likeness (QED) is 0.378. The number of amides is 2. The fourth-order valence-electron chi connectivity index (χ4n) is 3.65. The second-order valence-corrected chi connectivity index (χ2v) is 8.95. The molecule has 0 spiro atoms. The molecular weight excluding hydrogens is 448 g/mol. The molecule has 1 atom stereocenters. The van der Waals surface area contributed by atoms with Crippen molar-refractivity contribution in [2.75, 3.05) is 29.6 Å². The molecule has 0 unspecified atom stereocenters. The smallest absolute Gasteiger partial charge is 0.256 e. The van der Waals surface area contributed by atoms with Gasteiger partial charge in [-0.2, -0.15) is 0 Å². The molecule has 6 nitrogen and oxygen atoms in total. The highest BCUT2D eigenvalue weighted by atomic mass is 32.2. The molecule has 1 fully saturated rings. The van der Waals surface area contributed by atoms with E-state index in [-0.39, 0.29) is 17.9 Å². The van der Waals surface area contributed by atoms with Gasteiger partial charge in [-0.05, 0) is 80.4 Å². The van der Waals surface area contributed by atoms with Crippen LogP contribution in [0.2, 0.25) is 0 Å². The Hall–Kier alpha value is -3.29. The third-order valence-electron chi connectivity index (χ3n) is 5.41. The Bertz CT molecular complexity index is 1110. The predicted octanol–water partition coefficient (Wildman–Crippen LogP) is 5.86. The number of carbonyl (C=O) groups is 2. The van der Waals surface area contributed by atoms with Crippen molar-refractivity contribution in [3.8, 4) is 5.75 Å². The van der Waals surface area contributed by atoms with Gasteiger partial charge in [0.1, 0.15) is 5.75 Å². The maximum Gasteiger partial charge on any atom is 0.256 e. The van der Waals surface area contributed by atoms with Crippen molar-refractivity contribution in [3.63, 3.8) is 0 Å². The Morgan fingerprint density at radius 3 is 2.29 bits per heavy atom. The van der Waals surface area contributed by atoms with Crippen molar-refractivity contribution in [2.24, 2.45) is 0 Å². The minimum Gasteiger partial charge on any atom is -0.494 e. The zero-order valence-electron chi connectivity index (χ0n) is 19.1. The highest BCUT2D eigenvalue weighted by Crippen LogP contribution is 2.27. The van der Waals surface area contributed by atoms with Crippen LogP contribution in [-0.2, 0) is 4.74 Å². The van der Waals surface area contributed by atoms with Crippen molar-refractivity contribution in [1.29, 1.82) is 0 Å². The Morgan fingerprint density at radius 2 is 1.62 bits per heavy atom. The summed E-state index contributed by atoms with van der Waals surface area (Å²) in [4.78, 5) is 26.4. The maximum atomic E-state index is 12.9. The predicted molar refractivity (Wildman–Crippen MR) is 136 cm³/mol. The minimum absolute atomic E-state index is 0.179. The van der Waals surface area contributed by atoms with Gasteiger partial charge < -0.3 is 20.1 Å². The average molecular weight is 477 g/mol. The second-order valence-electron chi connectivity index (χ2n) is 7.89. The van der Waals surface area contributed by atoms with E-state index in [2.05, 4.69) is 10.6 Å². The van der Waals surface area contributed by atoms with Crippen LogP contribution < -0.4 is 15.4 Å². The summed E-state index contributed by atoms with van der Waals surface area (Å²) in [5, 5.41) is 5.79. The summed E-state index contributed by atoms with van der Waals surface area (Å²) in [5.74, 6) is 1.19. The first-order valence-corrected chi connectivity index (χ1v) is 12.4. The van der Waals surface area contributed by atoms with E-state index in [1.54, 1.807) is 48.2 Å². The lowest BCUT2D eigenvalue weighted by atomic mass is 10.1. The maximum absolute atomic E-state index is 12.9. The number of ether oxygens (including phenoxy) is 2. The van der Waals surface area contributed by atoms with E-state index in [1.807, 2.05) is 43.3 Å². The van der Waals surface area contributed by atoms with Crippen LogP contribution in [0, 0.1) is 0 Å². The normalized spacial score (nSPS) is 15.0. The molecule has 3 aromatic rings. The molecule has 1 heterocycles. The monoisotopic (exact) mass is 476 g/mol. The van der Waals surface area contributed by atoms with E-state index >= 15 is 0 Å². The first-order chi connectivity index (χ1) is 16.6. The first-order valence-electron chi connectivity index (χ1n) is 11.4. The Balaban J connectivity index is 1.35. The topological polar surface area (TPSA) is 76.7 Å². The molecule has 3 aromatic carbocycles. The summed E-state index contributed by atoms with van der Waals surface area (Å²) in [5.41, 5.74) is 2.44. The molecule has 1 aliphatic heterocycles. The minimum atomic E-state index is -0.224. The Morgan fingerprint density at radius 1 is 0.941 bits per heavy atom. The molecule has 1 aliphatic rings. The van der Waals surface area contributed by atoms with E-state index in [4.69, 9.17) is 9.47 Å². The number of anilines is 2. The lowest BCUT2D eigenvalue weighted by Crippen LogP contribution is -2.15. The summed E-state index contributed by atoms with van der Waals surface area (Å²) < 4.78 is 11.1. The van der Waals surface area contributed by atoms with Gasteiger partial charge in [0.25, 0.3) is 11.8 Å². The molecule has 0 radical (unpaired) electrons. The molecule has 0 aliphatic carbocycles. The van der Waals surface area contributed by atoms with Crippen LogP contribution in [0.3, 0.4) is 0 Å². The number of carbonyl (C=O) groups excluding carboxylic acids is 2. The van der Waals surface area contributed by atoms with E-state index < -0.39 is 0 Å². The Kier molecular flexibility index (Phi) is 8.22. The Labute approximate surface area is 204 Å². The summed E-state index contributed by atoms with van der Waals surface area (Å²) in [6.07, 6.45) is 2.42. The van der Waals surface area contributed by atoms with Crippen LogP contribution in [0.1, 0.15) is 40.5 Å². The number of benzene rings is 3. The lowest BCUT2D eigenvalue weighted by Gasteiger charge is -2.13. The fourth-order valence-corrected chi connectivity index (χ4v) is 4.77. The molecule has 2 N–H and O–H groups in total. The molecule has 7 heteroatoms. The summed E-state index contributed by atoms with van der Waals surface area (Å²) in [7, 11) is 0. The third kappa shape index (κ3) is 6.40. The van der Waals surface area contributed by atoms with Gasteiger partial charge >= 0.3 is 0 Å². The number of thioether (sulfide) groups is 1. The molecule has 176 valence electrons. The number of hydrogen-bond acceptors (Lipinski definition) is 5. The fraction of sp³-hybridized carbons (Fsp3) is 0.259. The van der Waals surface area contributed by atoms with Crippen LogP contribution in [0.5, 0.6) is 5.75 Å². The molecule has 4 rings (SSSR count). The van der Waals surface area contributed by atoms with Crippen LogP contribution in [-0.4, -0.2) is 36.9 Å². The van der Waals surface area contributed by atoms with Gasteiger partial charge in [0.05, 0.1) is 18.3 Å². The third-order valence-corrected chi connectivity index (χ3v) is 6.61. The van der Waals surface area contributed by atoms with Crippen LogP contribution >= 0.6 is 11.8 Å². The largest absolute Gasteiger partial charge is 0.494 e. The van der Waals surface area contributed by atoms with Crippen molar-refractivity contribution in [3.05, 3.63) is 83.9 Å². The van der Waals surface area contributed by atoms with E-state index in [9.17, 15) is 9.59 Å². The van der Waals surface area contributed by atoms with E-state index in [1.165, 1.54) is 0 Å². The summed E-state index contributed by atoms with van der Waals surface area (Å²) in [6.45, 7) is 3.34. The number of nitrogens with one attached hydrogen (secondary N) is 2.